The first-order chi connectivity index (χ1) is 10.7. The number of fused-ring (bicyclic) bond motifs is 1. The summed E-state index contributed by atoms with van der Waals surface area (Å²) in [6, 6.07) is 6.04. The highest BCUT2D eigenvalue weighted by atomic mass is 19.1. The molecular weight excluding hydrogens is 285 g/mol. The van der Waals surface area contributed by atoms with Crippen LogP contribution in [-0.4, -0.2) is 30.0 Å². The Kier molecular flexibility index (Phi) is 3.18. The number of nitrogens with zero attached hydrogens (tertiary/aromatic N) is 1. The van der Waals surface area contributed by atoms with Crippen molar-refractivity contribution >= 4 is 5.91 Å². The third kappa shape index (κ3) is 2.29. The van der Waals surface area contributed by atoms with Crippen LogP contribution < -0.4 is 10.6 Å². The number of rotatable bonds is 3. The molecule has 4 rings (SSSR count). The minimum atomic E-state index is -0.321. The number of hydrogen-bond donors (Lipinski definition) is 2. The van der Waals surface area contributed by atoms with Gasteiger partial charge in [-0.2, -0.15) is 0 Å². The number of oxazole rings is 1. The van der Waals surface area contributed by atoms with Crippen LogP contribution in [0.2, 0.25) is 0 Å². The molecule has 2 fully saturated rings. The molecule has 0 radical (unpaired) electrons. The Morgan fingerprint density at radius 3 is 2.91 bits per heavy atom. The third-order valence-corrected chi connectivity index (χ3v) is 4.61. The summed E-state index contributed by atoms with van der Waals surface area (Å²) < 4.78 is 18.2. The first kappa shape index (κ1) is 13.5. The molecule has 1 saturated carbocycles. The van der Waals surface area contributed by atoms with Gasteiger partial charge in [0.25, 0.3) is 5.91 Å². The van der Waals surface area contributed by atoms with Crippen molar-refractivity contribution in [3.8, 4) is 11.5 Å². The topological polar surface area (TPSA) is 67.2 Å². The second-order valence-electron chi connectivity index (χ2n) is 5.94. The van der Waals surface area contributed by atoms with E-state index in [1.54, 1.807) is 12.1 Å². The van der Waals surface area contributed by atoms with Gasteiger partial charge in [-0.25, -0.2) is 9.37 Å². The fraction of sp³-hybridized carbons (Fsp3) is 0.375. The zero-order chi connectivity index (χ0) is 15.1. The van der Waals surface area contributed by atoms with Crippen molar-refractivity contribution in [3.63, 3.8) is 0 Å². The summed E-state index contributed by atoms with van der Waals surface area (Å²) in [5.74, 6) is 1.01. The average Bonchev–Trinajstić information content (AvgIpc) is 3.12. The molecule has 22 heavy (non-hydrogen) atoms. The lowest BCUT2D eigenvalue weighted by Crippen LogP contribution is -2.52. The number of benzene rings is 1. The van der Waals surface area contributed by atoms with E-state index in [4.69, 9.17) is 4.42 Å². The van der Waals surface area contributed by atoms with Gasteiger partial charge in [-0.1, -0.05) is 0 Å². The van der Waals surface area contributed by atoms with Gasteiger partial charge in [0.1, 0.15) is 12.1 Å². The Morgan fingerprint density at radius 1 is 1.32 bits per heavy atom. The molecule has 2 aliphatic rings. The Morgan fingerprint density at radius 2 is 2.14 bits per heavy atom. The molecule has 2 aromatic rings. The molecule has 0 bridgehead atoms. The molecule has 5 nitrogen and oxygen atoms in total. The van der Waals surface area contributed by atoms with E-state index < -0.39 is 0 Å². The Hall–Kier alpha value is -2.21. The average molecular weight is 301 g/mol. The highest BCUT2D eigenvalue weighted by Crippen LogP contribution is 2.37. The van der Waals surface area contributed by atoms with Crippen molar-refractivity contribution in [2.75, 3.05) is 13.1 Å². The molecular formula is C16H16FN3O2. The minimum absolute atomic E-state index is 0.215. The van der Waals surface area contributed by atoms with Crippen molar-refractivity contribution in [2.24, 2.45) is 11.8 Å². The maximum absolute atomic E-state index is 12.9. The van der Waals surface area contributed by atoms with Gasteiger partial charge in [0.15, 0.2) is 5.69 Å². The van der Waals surface area contributed by atoms with Crippen LogP contribution >= 0.6 is 0 Å². The van der Waals surface area contributed by atoms with Crippen LogP contribution in [0.5, 0.6) is 0 Å². The first-order valence-corrected chi connectivity index (χ1v) is 7.44. The lowest BCUT2D eigenvalue weighted by Gasteiger charge is -2.39. The number of aromatic nitrogens is 1. The van der Waals surface area contributed by atoms with Crippen LogP contribution in [0.15, 0.2) is 34.9 Å². The van der Waals surface area contributed by atoms with Gasteiger partial charge < -0.3 is 15.1 Å². The summed E-state index contributed by atoms with van der Waals surface area (Å²) in [6.45, 7) is 2.02. The van der Waals surface area contributed by atoms with E-state index in [1.165, 1.54) is 18.4 Å². The fourth-order valence-electron chi connectivity index (χ4n) is 3.30. The molecule has 3 unspecified atom stereocenters. The van der Waals surface area contributed by atoms with Crippen molar-refractivity contribution in [2.45, 2.75) is 12.5 Å². The Bertz CT molecular complexity index is 698. The molecule has 114 valence electrons. The Labute approximate surface area is 126 Å². The lowest BCUT2D eigenvalue weighted by molar-refractivity contribution is 0.0828. The molecule has 1 aromatic carbocycles. The van der Waals surface area contributed by atoms with Crippen LogP contribution in [0.25, 0.3) is 11.5 Å². The highest BCUT2D eigenvalue weighted by molar-refractivity contribution is 5.92. The second kappa shape index (κ2) is 5.21. The maximum Gasteiger partial charge on any atom is 0.273 e. The molecule has 2 heterocycles. The molecule has 1 aliphatic carbocycles. The number of nitrogens with one attached hydrogen (secondary N) is 2. The van der Waals surface area contributed by atoms with Crippen LogP contribution in [-0.2, 0) is 0 Å². The largest absolute Gasteiger partial charge is 0.444 e. The standard InChI is InChI=1S/C16H16FN3O2/c17-11-3-1-9(2-4-11)16-20-14(8-22-16)15(21)19-13-5-10-6-18-7-12(10)13/h1-4,8,10,12-13,18H,5-7H2,(H,19,21). The summed E-state index contributed by atoms with van der Waals surface area (Å²) in [4.78, 5) is 16.4. The number of carbonyl (C=O) groups excluding carboxylic acids is 1. The summed E-state index contributed by atoms with van der Waals surface area (Å²) in [6.07, 6.45) is 2.36. The van der Waals surface area contributed by atoms with Gasteiger partial charge in [0.2, 0.25) is 5.89 Å². The molecule has 1 aliphatic heterocycles. The zero-order valence-electron chi connectivity index (χ0n) is 11.9. The van der Waals surface area contributed by atoms with Gasteiger partial charge in [0.05, 0.1) is 0 Å². The number of carbonyl (C=O) groups is 1. The predicted octanol–water partition coefficient (Wildman–Crippen LogP) is 1.82. The van der Waals surface area contributed by atoms with Gasteiger partial charge in [-0.15, -0.1) is 0 Å². The summed E-state index contributed by atoms with van der Waals surface area (Å²) in [5.41, 5.74) is 0.901. The fourth-order valence-corrected chi connectivity index (χ4v) is 3.30. The SMILES string of the molecule is O=C(NC1CC2CNCC21)c1coc(-c2ccc(F)cc2)n1. The van der Waals surface area contributed by atoms with Crippen molar-refractivity contribution in [1.82, 2.24) is 15.6 Å². The number of halogens is 1. The number of hydrogen-bond acceptors (Lipinski definition) is 4. The second-order valence-corrected chi connectivity index (χ2v) is 5.94. The highest BCUT2D eigenvalue weighted by Gasteiger charge is 2.44. The van der Waals surface area contributed by atoms with E-state index in [0.29, 0.717) is 23.3 Å². The summed E-state index contributed by atoms with van der Waals surface area (Å²) >= 11 is 0. The normalized spacial score (nSPS) is 26.3. The molecule has 1 saturated heterocycles. The van der Waals surface area contributed by atoms with Crippen molar-refractivity contribution < 1.29 is 13.6 Å². The van der Waals surface area contributed by atoms with Crippen molar-refractivity contribution in [1.29, 1.82) is 0 Å². The van der Waals surface area contributed by atoms with E-state index in [0.717, 1.165) is 19.5 Å². The van der Waals surface area contributed by atoms with Crippen LogP contribution in [0.4, 0.5) is 4.39 Å². The molecule has 0 spiro atoms. The molecule has 1 aromatic heterocycles. The molecule has 6 heteroatoms. The van der Waals surface area contributed by atoms with Gasteiger partial charge in [-0.05, 0) is 49.1 Å². The minimum Gasteiger partial charge on any atom is -0.444 e. The number of amides is 1. The maximum atomic E-state index is 12.9. The van der Waals surface area contributed by atoms with Crippen LogP contribution in [0.1, 0.15) is 16.9 Å². The molecule has 3 atom stereocenters. The third-order valence-electron chi connectivity index (χ3n) is 4.61. The van der Waals surface area contributed by atoms with E-state index >= 15 is 0 Å². The van der Waals surface area contributed by atoms with E-state index in [1.807, 2.05) is 0 Å². The monoisotopic (exact) mass is 301 g/mol. The Balaban J connectivity index is 1.44. The summed E-state index contributed by atoms with van der Waals surface area (Å²) in [5, 5.41) is 6.36. The van der Waals surface area contributed by atoms with E-state index in [-0.39, 0.29) is 23.5 Å². The van der Waals surface area contributed by atoms with E-state index in [9.17, 15) is 9.18 Å². The quantitative estimate of drug-likeness (QED) is 0.907. The first-order valence-electron chi connectivity index (χ1n) is 7.44. The predicted molar refractivity (Wildman–Crippen MR) is 77.6 cm³/mol. The van der Waals surface area contributed by atoms with Gasteiger partial charge in [0, 0.05) is 18.2 Å². The van der Waals surface area contributed by atoms with Crippen molar-refractivity contribution in [3.05, 3.63) is 42.0 Å². The molecule has 1 amide bonds. The van der Waals surface area contributed by atoms with Crippen LogP contribution in [0.3, 0.4) is 0 Å². The zero-order valence-corrected chi connectivity index (χ0v) is 11.9. The summed E-state index contributed by atoms with van der Waals surface area (Å²) in [7, 11) is 0. The lowest BCUT2D eigenvalue weighted by atomic mass is 9.71. The van der Waals surface area contributed by atoms with E-state index in [2.05, 4.69) is 15.6 Å². The van der Waals surface area contributed by atoms with Gasteiger partial charge in [-0.3, -0.25) is 4.79 Å². The van der Waals surface area contributed by atoms with Gasteiger partial charge >= 0.3 is 0 Å². The smallest absolute Gasteiger partial charge is 0.273 e. The van der Waals surface area contributed by atoms with Crippen LogP contribution in [0, 0.1) is 17.7 Å². The molecule has 2 N–H and O–H groups in total.